The number of para-hydroxylation sites is 1. The summed E-state index contributed by atoms with van der Waals surface area (Å²) in [5.41, 5.74) is 7.37. The lowest BCUT2D eigenvalue weighted by molar-refractivity contribution is -0.143. The molecule has 0 spiro atoms. The van der Waals surface area contributed by atoms with Gasteiger partial charge in [0.05, 0.1) is 17.9 Å². The quantitative estimate of drug-likeness (QED) is 0.624. The van der Waals surface area contributed by atoms with Crippen LogP contribution in [0.4, 0.5) is 18.9 Å². The van der Waals surface area contributed by atoms with Crippen molar-refractivity contribution in [2.45, 2.75) is 31.6 Å². The summed E-state index contributed by atoms with van der Waals surface area (Å²) in [4.78, 5) is 43.9. The van der Waals surface area contributed by atoms with Gasteiger partial charge in [-0.3, -0.25) is 14.4 Å². The molecule has 0 saturated carbocycles. The number of rotatable bonds is 7. The first-order valence-electron chi connectivity index (χ1n) is 11.0. The molecule has 0 aromatic heterocycles. The number of nitrogens with two attached hydrogens (primary N) is 1. The van der Waals surface area contributed by atoms with Gasteiger partial charge >= 0.3 is 6.18 Å². The van der Waals surface area contributed by atoms with Gasteiger partial charge < -0.3 is 20.7 Å². The molecule has 2 aromatic carbocycles. The number of nitrogens with zero attached hydrogens (tertiary/aromatic N) is 2. The van der Waals surface area contributed by atoms with E-state index in [9.17, 15) is 27.6 Å². The van der Waals surface area contributed by atoms with Gasteiger partial charge in [0.2, 0.25) is 18.0 Å². The smallest absolute Gasteiger partial charge is 0.389 e. The maximum absolute atomic E-state index is 13.5. The van der Waals surface area contributed by atoms with Crippen molar-refractivity contribution in [1.82, 2.24) is 5.32 Å². The third-order valence-corrected chi connectivity index (χ3v) is 5.78. The number of amides is 3. The van der Waals surface area contributed by atoms with E-state index >= 15 is 0 Å². The Morgan fingerprint density at radius 2 is 1.91 bits per heavy atom. The third-order valence-electron chi connectivity index (χ3n) is 5.78. The standard InChI is InChI=1S/C24H23F3N4O4/c25-24(26,27)10-9-15(13-18(28)32)22(33)30-21-23(34)31-11-12-35-17-8-4-7-16(20(17)31)19(29-21)14-5-2-1-3-6-14/h1-8,15,21H,9-13H2,(H2,28,32)(H,30,33). The largest absolute Gasteiger partial charge is 0.490 e. The molecule has 4 rings (SSSR count). The summed E-state index contributed by atoms with van der Waals surface area (Å²) in [6.45, 7) is 0.422. The molecule has 2 aromatic rings. The zero-order chi connectivity index (χ0) is 25.2. The number of benzene rings is 2. The molecule has 2 aliphatic heterocycles. The van der Waals surface area contributed by atoms with Gasteiger partial charge in [0.25, 0.3) is 5.91 Å². The van der Waals surface area contributed by atoms with Crippen LogP contribution in [0.2, 0.25) is 0 Å². The number of nitrogens with one attached hydrogen (secondary N) is 1. The van der Waals surface area contributed by atoms with Crippen LogP contribution in [0.5, 0.6) is 5.75 Å². The van der Waals surface area contributed by atoms with Crippen LogP contribution in [0.1, 0.15) is 30.4 Å². The van der Waals surface area contributed by atoms with E-state index < -0.39 is 55.2 Å². The fraction of sp³-hybridized carbons (Fsp3) is 0.333. The van der Waals surface area contributed by atoms with Crippen molar-refractivity contribution in [3.8, 4) is 5.75 Å². The highest BCUT2D eigenvalue weighted by Crippen LogP contribution is 2.38. The normalized spacial score (nSPS) is 18.0. The van der Waals surface area contributed by atoms with Gasteiger partial charge in [-0.15, -0.1) is 0 Å². The maximum Gasteiger partial charge on any atom is 0.389 e. The summed E-state index contributed by atoms with van der Waals surface area (Å²) < 4.78 is 44.1. The van der Waals surface area contributed by atoms with Crippen molar-refractivity contribution in [2.75, 3.05) is 18.1 Å². The fourth-order valence-electron chi connectivity index (χ4n) is 4.17. The molecule has 11 heteroatoms. The number of halogens is 3. The first-order valence-corrected chi connectivity index (χ1v) is 11.0. The van der Waals surface area contributed by atoms with Crippen LogP contribution in [-0.2, 0) is 14.4 Å². The van der Waals surface area contributed by atoms with Crippen molar-refractivity contribution in [3.63, 3.8) is 0 Å². The second-order valence-corrected chi connectivity index (χ2v) is 8.27. The predicted octanol–water partition coefficient (Wildman–Crippen LogP) is 2.54. The molecule has 0 bridgehead atoms. The van der Waals surface area contributed by atoms with E-state index in [2.05, 4.69) is 10.3 Å². The summed E-state index contributed by atoms with van der Waals surface area (Å²) in [7, 11) is 0. The minimum Gasteiger partial charge on any atom is -0.490 e. The molecule has 3 N–H and O–H groups in total. The number of anilines is 1. The van der Waals surface area contributed by atoms with Crippen LogP contribution in [-0.4, -0.2) is 48.9 Å². The third kappa shape index (κ3) is 5.44. The average molecular weight is 488 g/mol. The van der Waals surface area contributed by atoms with Crippen molar-refractivity contribution in [1.29, 1.82) is 0 Å². The Bertz CT molecular complexity index is 1170. The lowest BCUT2D eigenvalue weighted by atomic mass is 9.97. The van der Waals surface area contributed by atoms with E-state index in [4.69, 9.17) is 10.5 Å². The van der Waals surface area contributed by atoms with Gasteiger partial charge in [0.1, 0.15) is 12.4 Å². The minimum absolute atomic E-state index is 0.200. The van der Waals surface area contributed by atoms with Crippen LogP contribution in [0.25, 0.3) is 0 Å². The van der Waals surface area contributed by atoms with E-state index in [1.54, 1.807) is 42.5 Å². The Kier molecular flexibility index (Phi) is 6.77. The summed E-state index contributed by atoms with van der Waals surface area (Å²) >= 11 is 0. The van der Waals surface area contributed by atoms with E-state index in [1.807, 2.05) is 6.07 Å². The van der Waals surface area contributed by atoms with Crippen LogP contribution < -0.4 is 20.7 Å². The molecular formula is C24H23F3N4O4. The first kappa shape index (κ1) is 24.2. The van der Waals surface area contributed by atoms with Gasteiger partial charge in [-0.25, -0.2) is 4.99 Å². The number of primary amides is 1. The number of ether oxygens (including phenoxy) is 1. The van der Waals surface area contributed by atoms with Gasteiger partial charge in [-0.2, -0.15) is 13.2 Å². The highest BCUT2D eigenvalue weighted by molar-refractivity contribution is 6.21. The van der Waals surface area contributed by atoms with Crippen molar-refractivity contribution < 1.29 is 32.3 Å². The molecule has 0 fully saturated rings. The molecule has 0 aliphatic carbocycles. The lowest BCUT2D eigenvalue weighted by Gasteiger charge is -2.31. The average Bonchev–Trinajstić information content (AvgIpc) is 2.93. The van der Waals surface area contributed by atoms with Crippen LogP contribution in [0.15, 0.2) is 53.5 Å². The fourth-order valence-corrected chi connectivity index (χ4v) is 4.17. The van der Waals surface area contributed by atoms with Crippen LogP contribution in [0.3, 0.4) is 0 Å². The molecule has 2 atom stereocenters. The predicted molar refractivity (Wildman–Crippen MR) is 121 cm³/mol. The SMILES string of the molecule is NC(=O)CC(CCC(F)(F)F)C(=O)NC1N=C(c2ccccc2)c2cccc3c2N(CCO3)C1=O. The summed E-state index contributed by atoms with van der Waals surface area (Å²) in [6, 6.07) is 14.3. The molecule has 184 valence electrons. The zero-order valence-electron chi connectivity index (χ0n) is 18.5. The molecule has 2 unspecified atom stereocenters. The Labute approximate surface area is 198 Å². The molecule has 2 heterocycles. The summed E-state index contributed by atoms with van der Waals surface area (Å²) in [5.74, 6) is -3.26. The monoisotopic (exact) mass is 488 g/mol. The van der Waals surface area contributed by atoms with Crippen LogP contribution in [0, 0.1) is 5.92 Å². The number of carbonyl (C=O) groups excluding carboxylic acids is 3. The van der Waals surface area contributed by atoms with Crippen molar-refractivity contribution >= 4 is 29.1 Å². The Morgan fingerprint density at radius 3 is 2.60 bits per heavy atom. The van der Waals surface area contributed by atoms with Crippen molar-refractivity contribution in [3.05, 3.63) is 59.7 Å². The van der Waals surface area contributed by atoms with Gasteiger partial charge in [-0.05, 0) is 12.5 Å². The van der Waals surface area contributed by atoms with E-state index in [0.717, 1.165) is 0 Å². The molecule has 0 radical (unpaired) electrons. The van der Waals surface area contributed by atoms with Gasteiger partial charge in [-0.1, -0.05) is 42.5 Å². The number of hydrogen-bond acceptors (Lipinski definition) is 5. The Balaban J connectivity index is 1.71. The van der Waals surface area contributed by atoms with Crippen molar-refractivity contribution in [2.24, 2.45) is 16.6 Å². The number of carbonyl (C=O) groups is 3. The first-order chi connectivity index (χ1) is 16.6. The molecular weight excluding hydrogens is 465 g/mol. The molecule has 0 saturated heterocycles. The maximum atomic E-state index is 13.5. The minimum atomic E-state index is -4.52. The Hall–Kier alpha value is -3.89. The molecule has 2 aliphatic rings. The van der Waals surface area contributed by atoms with Gasteiger partial charge in [0.15, 0.2) is 0 Å². The topological polar surface area (TPSA) is 114 Å². The second kappa shape index (κ2) is 9.77. The highest BCUT2D eigenvalue weighted by atomic mass is 19.4. The van der Waals surface area contributed by atoms with Crippen LogP contribution >= 0.6 is 0 Å². The van der Waals surface area contributed by atoms with E-state index in [1.165, 1.54) is 4.90 Å². The number of hydrogen-bond donors (Lipinski definition) is 2. The molecule has 35 heavy (non-hydrogen) atoms. The van der Waals surface area contributed by atoms with Gasteiger partial charge in [0, 0.05) is 29.9 Å². The highest BCUT2D eigenvalue weighted by Gasteiger charge is 2.38. The number of aliphatic imine (C=N–C) groups is 1. The number of alkyl halides is 3. The van der Waals surface area contributed by atoms with E-state index in [-0.39, 0.29) is 13.2 Å². The Morgan fingerprint density at radius 1 is 1.17 bits per heavy atom. The second-order valence-electron chi connectivity index (χ2n) is 8.27. The lowest BCUT2D eigenvalue weighted by Crippen LogP contribution is -2.51. The molecule has 3 amide bonds. The molecule has 8 nitrogen and oxygen atoms in total. The summed E-state index contributed by atoms with van der Waals surface area (Å²) in [6.07, 6.45) is -8.43. The summed E-state index contributed by atoms with van der Waals surface area (Å²) in [5, 5.41) is 2.46. The zero-order valence-corrected chi connectivity index (χ0v) is 18.5. The van der Waals surface area contributed by atoms with E-state index in [0.29, 0.717) is 28.3 Å².